The van der Waals surface area contributed by atoms with Gasteiger partial charge in [-0.2, -0.15) is 11.8 Å². The van der Waals surface area contributed by atoms with Crippen LogP contribution in [-0.2, 0) is 16.6 Å². The minimum Gasteiger partial charge on any atom is -0.326 e. The van der Waals surface area contributed by atoms with Crippen molar-refractivity contribution in [2.24, 2.45) is 5.73 Å². The van der Waals surface area contributed by atoms with E-state index in [4.69, 9.17) is 5.73 Å². The van der Waals surface area contributed by atoms with Gasteiger partial charge in [0.05, 0.1) is 4.90 Å². The quantitative estimate of drug-likeness (QED) is 0.799. The highest BCUT2D eigenvalue weighted by Gasteiger charge is 2.16. The summed E-state index contributed by atoms with van der Waals surface area (Å²) in [5.41, 5.74) is 5.49. The van der Waals surface area contributed by atoms with E-state index in [9.17, 15) is 8.42 Å². The van der Waals surface area contributed by atoms with Gasteiger partial charge in [0, 0.05) is 54.5 Å². The minimum atomic E-state index is -3.38. The summed E-state index contributed by atoms with van der Waals surface area (Å²) in [7, 11) is -3.38. The first-order chi connectivity index (χ1) is 9.12. The van der Waals surface area contributed by atoms with Gasteiger partial charge in [-0.3, -0.25) is 0 Å². The highest BCUT2D eigenvalue weighted by atomic mass is 32.2. The van der Waals surface area contributed by atoms with Crippen molar-refractivity contribution in [3.63, 3.8) is 0 Å². The Morgan fingerprint density at radius 2 is 2.11 bits per heavy atom. The van der Waals surface area contributed by atoms with E-state index in [0.717, 1.165) is 36.0 Å². The molecule has 19 heavy (non-hydrogen) atoms. The summed E-state index contributed by atoms with van der Waals surface area (Å²) >= 11 is 3.33. The second-order valence-electron chi connectivity index (χ2n) is 4.30. The first-order valence-corrected chi connectivity index (χ1v) is 9.71. The third-order valence-electron chi connectivity index (χ3n) is 2.97. The van der Waals surface area contributed by atoms with Crippen LogP contribution in [0.1, 0.15) is 4.88 Å². The van der Waals surface area contributed by atoms with Crippen molar-refractivity contribution in [2.75, 3.05) is 37.7 Å². The van der Waals surface area contributed by atoms with E-state index in [2.05, 4.69) is 9.62 Å². The predicted octanol–water partition coefficient (Wildman–Crippen LogP) is 0.534. The lowest BCUT2D eigenvalue weighted by molar-refractivity contribution is 0.307. The lowest BCUT2D eigenvalue weighted by Crippen LogP contribution is -2.39. The SMILES string of the molecule is NCc1cc(S(=O)(=O)NCCN2CCSCC2)cs1. The molecule has 1 fully saturated rings. The fourth-order valence-corrected chi connectivity index (χ4v) is 5.01. The highest BCUT2D eigenvalue weighted by Crippen LogP contribution is 2.18. The smallest absolute Gasteiger partial charge is 0.241 e. The molecule has 8 heteroatoms. The maximum atomic E-state index is 12.0. The van der Waals surface area contributed by atoms with Crippen molar-refractivity contribution in [2.45, 2.75) is 11.4 Å². The number of nitrogens with two attached hydrogens (primary N) is 1. The highest BCUT2D eigenvalue weighted by molar-refractivity contribution is 7.99. The second-order valence-corrected chi connectivity index (χ2v) is 8.29. The van der Waals surface area contributed by atoms with Crippen molar-refractivity contribution in [3.8, 4) is 0 Å². The molecule has 0 atom stereocenters. The fourth-order valence-electron chi connectivity index (χ4n) is 1.85. The maximum absolute atomic E-state index is 12.0. The molecule has 108 valence electrons. The summed E-state index contributed by atoms with van der Waals surface area (Å²) in [5, 5.41) is 1.64. The molecule has 0 unspecified atom stereocenters. The monoisotopic (exact) mass is 321 g/mol. The van der Waals surface area contributed by atoms with E-state index in [1.165, 1.54) is 11.3 Å². The number of hydrogen-bond acceptors (Lipinski definition) is 6. The van der Waals surface area contributed by atoms with E-state index in [0.29, 0.717) is 18.0 Å². The molecule has 0 bridgehead atoms. The molecule has 0 amide bonds. The first-order valence-electron chi connectivity index (χ1n) is 6.19. The average Bonchev–Trinajstić information content (AvgIpc) is 2.89. The third-order valence-corrected chi connectivity index (χ3v) is 6.46. The number of thiophene rings is 1. The molecule has 3 N–H and O–H groups in total. The summed E-state index contributed by atoms with van der Waals surface area (Å²) in [6.07, 6.45) is 0. The van der Waals surface area contributed by atoms with Gasteiger partial charge in [-0.25, -0.2) is 13.1 Å². The molecule has 1 aliphatic heterocycles. The molecule has 1 aromatic rings. The molecule has 1 aromatic heterocycles. The number of nitrogens with one attached hydrogen (secondary N) is 1. The van der Waals surface area contributed by atoms with Gasteiger partial charge >= 0.3 is 0 Å². The molecule has 0 spiro atoms. The maximum Gasteiger partial charge on any atom is 0.241 e. The summed E-state index contributed by atoms with van der Waals surface area (Å²) in [6.45, 7) is 3.70. The van der Waals surface area contributed by atoms with Gasteiger partial charge in [0.1, 0.15) is 0 Å². The van der Waals surface area contributed by atoms with Crippen molar-refractivity contribution in [1.82, 2.24) is 9.62 Å². The third kappa shape index (κ3) is 4.44. The van der Waals surface area contributed by atoms with E-state index in [1.807, 2.05) is 11.8 Å². The molecule has 2 heterocycles. The Labute approximate surface area is 122 Å². The first kappa shape index (κ1) is 15.3. The van der Waals surface area contributed by atoms with Crippen LogP contribution in [0.25, 0.3) is 0 Å². The molecule has 2 rings (SSSR count). The molecular formula is C11H19N3O2S3. The van der Waals surface area contributed by atoms with Gasteiger partial charge in [-0.05, 0) is 6.07 Å². The molecule has 0 saturated carbocycles. The Bertz CT molecular complexity index is 495. The van der Waals surface area contributed by atoms with Gasteiger partial charge in [-0.1, -0.05) is 0 Å². The zero-order chi connectivity index (χ0) is 13.7. The summed E-state index contributed by atoms with van der Waals surface area (Å²) in [6, 6.07) is 1.64. The molecular weight excluding hydrogens is 302 g/mol. The number of nitrogens with zero attached hydrogens (tertiary/aromatic N) is 1. The van der Waals surface area contributed by atoms with Crippen molar-refractivity contribution in [3.05, 3.63) is 16.3 Å². The predicted molar refractivity (Wildman–Crippen MR) is 81.2 cm³/mol. The minimum absolute atomic E-state index is 0.326. The zero-order valence-corrected chi connectivity index (χ0v) is 13.1. The number of rotatable bonds is 6. The average molecular weight is 321 g/mol. The van der Waals surface area contributed by atoms with Crippen molar-refractivity contribution >= 4 is 33.1 Å². The summed E-state index contributed by atoms with van der Waals surface area (Å²) in [4.78, 5) is 3.50. The Kier molecular flexibility index (Phi) is 5.67. The zero-order valence-electron chi connectivity index (χ0n) is 10.7. The van der Waals surface area contributed by atoms with Crippen LogP contribution in [0.4, 0.5) is 0 Å². The normalized spacial score (nSPS) is 17.7. The van der Waals surface area contributed by atoms with Crippen LogP contribution in [0, 0.1) is 0 Å². The standard InChI is InChI=1S/C11H19N3O2S3/c12-8-10-7-11(9-18-10)19(15,16)13-1-2-14-3-5-17-6-4-14/h7,9,13H,1-6,8,12H2. The number of hydrogen-bond donors (Lipinski definition) is 2. The summed E-state index contributed by atoms with van der Waals surface area (Å²) < 4.78 is 26.7. The Hall–Kier alpha value is -0.120. The lowest BCUT2D eigenvalue weighted by Gasteiger charge is -2.25. The molecule has 0 aliphatic carbocycles. The van der Waals surface area contributed by atoms with Crippen LogP contribution in [0.2, 0.25) is 0 Å². The fraction of sp³-hybridized carbons (Fsp3) is 0.636. The van der Waals surface area contributed by atoms with Gasteiger partial charge < -0.3 is 10.6 Å². The molecule has 0 radical (unpaired) electrons. The van der Waals surface area contributed by atoms with Crippen molar-refractivity contribution < 1.29 is 8.42 Å². The molecule has 1 aliphatic rings. The van der Waals surface area contributed by atoms with E-state index >= 15 is 0 Å². The van der Waals surface area contributed by atoms with Gasteiger partial charge in [0.2, 0.25) is 10.0 Å². The Morgan fingerprint density at radius 1 is 1.37 bits per heavy atom. The van der Waals surface area contributed by atoms with E-state index in [-0.39, 0.29) is 0 Å². The number of sulfonamides is 1. The van der Waals surface area contributed by atoms with Crippen LogP contribution in [0.3, 0.4) is 0 Å². The van der Waals surface area contributed by atoms with Crippen molar-refractivity contribution in [1.29, 1.82) is 0 Å². The van der Waals surface area contributed by atoms with Crippen LogP contribution in [-0.4, -0.2) is 51.0 Å². The van der Waals surface area contributed by atoms with Gasteiger partial charge in [0.15, 0.2) is 0 Å². The van der Waals surface area contributed by atoms with Crippen LogP contribution >= 0.6 is 23.1 Å². The van der Waals surface area contributed by atoms with Crippen LogP contribution < -0.4 is 10.5 Å². The largest absolute Gasteiger partial charge is 0.326 e. The Morgan fingerprint density at radius 3 is 2.74 bits per heavy atom. The second kappa shape index (κ2) is 7.05. The lowest BCUT2D eigenvalue weighted by atomic mass is 10.5. The van der Waals surface area contributed by atoms with Crippen LogP contribution in [0.15, 0.2) is 16.3 Å². The van der Waals surface area contributed by atoms with Gasteiger partial charge in [-0.15, -0.1) is 11.3 Å². The topological polar surface area (TPSA) is 75.4 Å². The molecule has 5 nitrogen and oxygen atoms in total. The van der Waals surface area contributed by atoms with E-state index < -0.39 is 10.0 Å². The van der Waals surface area contributed by atoms with Crippen LogP contribution in [0.5, 0.6) is 0 Å². The molecule has 1 saturated heterocycles. The van der Waals surface area contributed by atoms with Gasteiger partial charge in [0.25, 0.3) is 0 Å². The molecule has 0 aromatic carbocycles. The number of thioether (sulfide) groups is 1. The summed E-state index contributed by atoms with van der Waals surface area (Å²) in [5.74, 6) is 2.27. The van der Waals surface area contributed by atoms with E-state index in [1.54, 1.807) is 11.4 Å². The Balaban J connectivity index is 1.83.